The summed E-state index contributed by atoms with van der Waals surface area (Å²) >= 11 is 0. The molecule has 0 N–H and O–H groups in total. The highest BCUT2D eigenvalue weighted by Gasteiger charge is 2.18. The Morgan fingerprint density at radius 2 is 0.951 bits per heavy atom. The van der Waals surface area contributed by atoms with Gasteiger partial charge in [0.1, 0.15) is 0 Å². The Kier molecular flexibility index (Phi) is 12.4. The summed E-state index contributed by atoms with van der Waals surface area (Å²) in [4.78, 5) is 14.5. The zero-order chi connectivity index (χ0) is 41.4. The van der Waals surface area contributed by atoms with Crippen molar-refractivity contribution in [3.05, 3.63) is 186 Å². The molecule has 0 unspecified atom stereocenters. The SMILES string of the molecule is C=N/C(=C\C=C(/C)c1ccccc1-c1cc(-c2ccccc2-c2ccc(C3=CCCCC3)nc2)cc(-c2ccccc2-c2ccc(C3=CCCCC3)nc2)c1)C1=CCCCC1. The topological polar surface area (TPSA) is 38.1 Å². The van der Waals surface area contributed by atoms with E-state index in [4.69, 9.17) is 9.97 Å². The average Bonchev–Trinajstić information content (AvgIpc) is 3.35. The van der Waals surface area contributed by atoms with Crippen molar-refractivity contribution in [2.45, 2.75) is 84.0 Å². The van der Waals surface area contributed by atoms with Gasteiger partial charge in [0.25, 0.3) is 0 Å². The molecule has 3 nitrogen and oxygen atoms in total. The standard InChI is InChI=1S/C58H55N3/c1-41(30-33-56(59-2)42-18-6-3-7-19-42)50-24-12-13-27-53(50)47-36-48(54-28-16-14-25-51(54)45-31-34-57(60-39-45)43-20-8-4-9-21-43)38-49(37-47)55-29-17-15-26-52(55)46-32-35-58(61-40-46)44-22-10-5-11-23-44/h12-18,20,22,24-40H,2-11,19,21,23H2,1H3/b41-30+,56-33-. The smallest absolute Gasteiger partial charge is 0.0658 e. The first-order valence-corrected chi connectivity index (χ1v) is 22.4. The first kappa shape index (κ1) is 40.0. The molecule has 61 heavy (non-hydrogen) atoms. The van der Waals surface area contributed by atoms with Crippen LogP contribution in [-0.4, -0.2) is 16.7 Å². The molecule has 2 heterocycles. The van der Waals surface area contributed by atoms with Crippen LogP contribution in [0, 0.1) is 0 Å². The van der Waals surface area contributed by atoms with Crippen LogP contribution in [0.4, 0.5) is 0 Å². The maximum Gasteiger partial charge on any atom is 0.0658 e. The van der Waals surface area contributed by atoms with E-state index in [1.807, 2.05) is 0 Å². The van der Waals surface area contributed by atoms with Crippen molar-refractivity contribution in [3.8, 4) is 55.6 Å². The Morgan fingerprint density at radius 3 is 1.39 bits per heavy atom. The van der Waals surface area contributed by atoms with Crippen molar-refractivity contribution in [1.29, 1.82) is 0 Å². The van der Waals surface area contributed by atoms with Crippen LogP contribution in [-0.2, 0) is 0 Å². The first-order valence-electron chi connectivity index (χ1n) is 22.4. The molecule has 4 aromatic carbocycles. The molecule has 3 aliphatic rings. The third kappa shape index (κ3) is 9.03. The second-order valence-corrected chi connectivity index (χ2v) is 16.8. The molecule has 0 radical (unpaired) electrons. The summed E-state index contributed by atoms with van der Waals surface area (Å²) in [6.45, 7) is 6.15. The summed E-state index contributed by atoms with van der Waals surface area (Å²) in [6.07, 6.45) is 29.7. The summed E-state index contributed by atoms with van der Waals surface area (Å²) in [5.41, 5.74) is 21.2. The lowest BCUT2D eigenvalue weighted by Crippen LogP contribution is -1.96. The highest BCUT2D eigenvalue weighted by molar-refractivity contribution is 5.93. The molecule has 0 fully saturated rings. The number of pyridine rings is 2. The van der Waals surface area contributed by atoms with Gasteiger partial charge in [0, 0.05) is 23.5 Å². The molecule has 0 aliphatic heterocycles. The first-order chi connectivity index (χ1) is 30.1. The van der Waals surface area contributed by atoms with E-state index in [9.17, 15) is 0 Å². The summed E-state index contributed by atoms with van der Waals surface area (Å²) in [5, 5.41) is 0. The molecule has 9 rings (SSSR count). The van der Waals surface area contributed by atoms with Crippen LogP contribution < -0.4 is 0 Å². The largest absolute Gasteiger partial charge is 0.264 e. The summed E-state index contributed by atoms with van der Waals surface area (Å²) in [7, 11) is 0. The molecule has 0 saturated carbocycles. The monoisotopic (exact) mass is 793 g/mol. The van der Waals surface area contributed by atoms with Gasteiger partial charge in [-0.05, 0) is 199 Å². The van der Waals surface area contributed by atoms with Crippen LogP contribution in [0.2, 0.25) is 0 Å². The fraction of sp³-hybridized carbons (Fsp3) is 0.224. The van der Waals surface area contributed by atoms with Crippen LogP contribution in [0.15, 0.2) is 174 Å². The van der Waals surface area contributed by atoms with Gasteiger partial charge in [0.15, 0.2) is 0 Å². The minimum Gasteiger partial charge on any atom is -0.264 e. The average molecular weight is 794 g/mol. The minimum atomic E-state index is 0.977. The van der Waals surface area contributed by atoms with E-state index in [1.165, 1.54) is 94.2 Å². The van der Waals surface area contributed by atoms with Gasteiger partial charge in [-0.1, -0.05) is 109 Å². The Balaban J connectivity index is 1.17. The lowest BCUT2D eigenvalue weighted by Gasteiger charge is -2.18. The van der Waals surface area contributed by atoms with Crippen LogP contribution >= 0.6 is 0 Å². The number of benzene rings is 4. The molecule has 2 aromatic heterocycles. The zero-order valence-electron chi connectivity index (χ0n) is 35.5. The lowest BCUT2D eigenvalue weighted by atomic mass is 9.86. The van der Waals surface area contributed by atoms with Gasteiger partial charge < -0.3 is 0 Å². The Hall–Kier alpha value is -6.45. The molecule has 3 heteroatoms. The van der Waals surface area contributed by atoms with E-state index in [1.54, 1.807) is 0 Å². The number of hydrogen-bond donors (Lipinski definition) is 0. The van der Waals surface area contributed by atoms with Gasteiger partial charge in [-0.2, -0.15) is 0 Å². The fourth-order valence-corrected chi connectivity index (χ4v) is 9.40. The highest BCUT2D eigenvalue weighted by atomic mass is 14.7. The van der Waals surface area contributed by atoms with Gasteiger partial charge in [-0.3, -0.25) is 15.0 Å². The molecule has 0 spiro atoms. The third-order valence-electron chi connectivity index (χ3n) is 12.7. The minimum absolute atomic E-state index is 0.977. The summed E-state index contributed by atoms with van der Waals surface area (Å²) < 4.78 is 0. The van der Waals surface area contributed by atoms with Crippen molar-refractivity contribution in [2.24, 2.45) is 4.99 Å². The van der Waals surface area contributed by atoms with Gasteiger partial charge in [0.2, 0.25) is 0 Å². The van der Waals surface area contributed by atoms with Gasteiger partial charge in [-0.25, -0.2) is 0 Å². The number of aliphatic imine (C=N–C) groups is 1. The molecule has 0 saturated heterocycles. The Labute approximate surface area is 362 Å². The van der Waals surface area contributed by atoms with Crippen molar-refractivity contribution >= 4 is 23.4 Å². The zero-order valence-corrected chi connectivity index (χ0v) is 35.5. The second kappa shape index (κ2) is 18.9. The van der Waals surface area contributed by atoms with Gasteiger partial charge in [-0.15, -0.1) is 0 Å². The summed E-state index contributed by atoms with van der Waals surface area (Å²) in [5.74, 6) is 0. The fourth-order valence-electron chi connectivity index (χ4n) is 9.40. The van der Waals surface area contributed by atoms with Crippen molar-refractivity contribution in [1.82, 2.24) is 9.97 Å². The Bertz CT molecular complexity index is 2570. The molecular weight excluding hydrogens is 739 g/mol. The number of rotatable bonds is 11. The van der Waals surface area contributed by atoms with Gasteiger partial charge >= 0.3 is 0 Å². The van der Waals surface area contributed by atoms with Crippen molar-refractivity contribution < 1.29 is 0 Å². The molecule has 0 amide bonds. The molecule has 6 aromatic rings. The molecule has 0 atom stereocenters. The quantitative estimate of drug-likeness (QED) is 0.0968. The molecular formula is C58H55N3. The van der Waals surface area contributed by atoms with E-state index in [-0.39, 0.29) is 0 Å². The number of hydrogen-bond acceptors (Lipinski definition) is 3. The molecule has 302 valence electrons. The second-order valence-electron chi connectivity index (χ2n) is 16.8. The molecule has 3 aliphatic carbocycles. The van der Waals surface area contributed by atoms with Crippen LogP contribution in [0.1, 0.15) is 101 Å². The normalized spacial score (nSPS) is 16.0. The van der Waals surface area contributed by atoms with E-state index >= 15 is 0 Å². The van der Waals surface area contributed by atoms with Crippen LogP contribution in [0.3, 0.4) is 0 Å². The summed E-state index contributed by atoms with van der Waals surface area (Å²) in [6, 6.07) is 42.4. The van der Waals surface area contributed by atoms with E-state index in [2.05, 4.69) is 177 Å². The van der Waals surface area contributed by atoms with Crippen LogP contribution in [0.25, 0.3) is 72.4 Å². The third-order valence-corrected chi connectivity index (χ3v) is 12.7. The maximum absolute atomic E-state index is 5.02. The van der Waals surface area contributed by atoms with E-state index in [0.717, 1.165) is 83.4 Å². The van der Waals surface area contributed by atoms with E-state index < -0.39 is 0 Å². The van der Waals surface area contributed by atoms with Gasteiger partial charge in [0.05, 0.1) is 17.1 Å². The van der Waals surface area contributed by atoms with Crippen molar-refractivity contribution in [2.75, 3.05) is 0 Å². The van der Waals surface area contributed by atoms with E-state index in [0.29, 0.717) is 0 Å². The number of allylic oxidation sites excluding steroid dienone is 9. The van der Waals surface area contributed by atoms with Crippen molar-refractivity contribution in [3.63, 3.8) is 0 Å². The highest BCUT2D eigenvalue weighted by Crippen LogP contribution is 2.42. The number of aromatic nitrogens is 2. The predicted octanol–water partition coefficient (Wildman–Crippen LogP) is 16.2. The maximum atomic E-state index is 5.02. The number of nitrogens with zero attached hydrogens (tertiary/aromatic N) is 3. The Morgan fingerprint density at radius 1 is 0.492 bits per heavy atom. The lowest BCUT2D eigenvalue weighted by molar-refractivity contribution is 0.705. The predicted molar refractivity (Wildman–Crippen MR) is 260 cm³/mol. The van der Waals surface area contributed by atoms with Crippen LogP contribution in [0.5, 0.6) is 0 Å². The molecule has 0 bridgehead atoms.